The van der Waals surface area contributed by atoms with Crippen LogP contribution in [0.5, 0.6) is 0 Å². The highest BCUT2D eigenvalue weighted by Gasteiger charge is 2.17. The van der Waals surface area contributed by atoms with Gasteiger partial charge in [0.1, 0.15) is 16.8 Å². The Balaban J connectivity index is 1.77. The largest absolute Gasteiger partial charge is 0.376 e. The number of nitrogens with one attached hydrogen (secondary N) is 1. The molecule has 2 aromatic heterocycles. The minimum Gasteiger partial charge on any atom is -0.376 e. The second-order valence-corrected chi connectivity index (χ2v) is 6.47. The van der Waals surface area contributed by atoms with Gasteiger partial charge in [0.2, 0.25) is 0 Å². The maximum atomic E-state index is 14.2. The van der Waals surface area contributed by atoms with Crippen LogP contribution in [0.15, 0.2) is 42.6 Å². The fourth-order valence-electron chi connectivity index (χ4n) is 3.08. The van der Waals surface area contributed by atoms with Crippen LogP contribution in [0.25, 0.3) is 22.0 Å². The van der Waals surface area contributed by atoms with Crippen molar-refractivity contribution in [1.29, 1.82) is 0 Å². The Morgan fingerprint density at radius 3 is 2.96 bits per heavy atom. The van der Waals surface area contributed by atoms with E-state index in [1.807, 2.05) is 6.07 Å². The monoisotopic (exact) mass is 357 g/mol. The number of aromatic nitrogens is 2. The molecular formula is C19H17ClFN3O. The van der Waals surface area contributed by atoms with Gasteiger partial charge in [0.05, 0.1) is 11.8 Å². The highest BCUT2D eigenvalue weighted by Crippen LogP contribution is 2.30. The SMILES string of the molecule is Fc1ccccc1-c1cc2cnc(Cl)cc2c(NCC2CCCO2)n1. The number of halogens is 2. The van der Waals surface area contributed by atoms with Crippen molar-refractivity contribution in [2.75, 3.05) is 18.5 Å². The van der Waals surface area contributed by atoms with E-state index in [0.717, 1.165) is 30.2 Å². The first-order chi connectivity index (χ1) is 12.2. The van der Waals surface area contributed by atoms with E-state index in [-0.39, 0.29) is 11.9 Å². The van der Waals surface area contributed by atoms with Gasteiger partial charge in [-0.15, -0.1) is 0 Å². The molecule has 1 saturated heterocycles. The number of pyridine rings is 2. The third-order valence-corrected chi connectivity index (χ3v) is 4.56. The van der Waals surface area contributed by atoms with Crippen LogP contribution in [0.1, 0.15) is 12.8 Å². The van der Waals surface area contributed by atoms with E-state index in [1.54, 1.807) is 30.5 Å². The van der Waals surface area contributed by atoms with Gasteiger partial charge >= 0.3 is 0 Å². The molecule has 128 valence electrons. The zero-order valence-corrected chi connectivity index (χ0v) is 14.3. The van der Waals surface area contributed by atoms with Crippen LogP contribution < -0.4 is 5.32 Å². The van der Waals surface area contributed by atoms with Gasteiger partial charge in [0.15, 0.2) is 0 Å². The molecule has 1 aliphatic heterocycles. The molecule has 4 nitrogen and oxygen atoms in total. The summed E-state index contributed by atoms with van der Waals surface area (Å²) < 4.78 is 19.8. The van der Waals surface area contributed by atoms with E-state index >= 15 is 0 Å². The number of benzene rings is 1. The highest BCUT2D eigenvalue weighted by atomic mass is 35.5. The van der Waals surface area contributed by atoms with Crippen LogP contribution in [0.2, 0.25) is 5.15 Å². The van der Waals surface area contributed by atoms with Crippen molar-refractivity contribution in [3.8, 4) is 11.3 Å². The highest BCUT2D eigenvalue weighted by molar-refractivity contribution is 6.30. The minimum absolute atomic E-state index is 0.172. The Bertz CT molecular complexity index is 912. The van der Waals surface area contributed by atoms with Crippen LogP contribution in [0.4, 0.5) is 10.2 Å². The molecule has 1 aromatic carbocycles. The van der Waals surface area contributed by atoms with Crippen LogP contribution in [-0.4, -0.2) is 29.2 Å². The summed E-state index contributed by atoms with van der Waals surface area (Å²) in [6.45, 7) is 1.45. The molecule has 3 heterocycles. The zero-order chi connectivity index (χ0) is 17.2. The van der Waals surface area contributed by atoms with Crippen molar-refractivity contribution in [2.24, 2.45) is 0 Å². The predicted octanol–water partition coefficient (Wildman–Crippen LogP) is 4.68. The molecule has 0 bridgehead atoms. The Morgan fingerprint density at radius 1 is 1.28 bits per heavy atom. The Morgan fingerprint density at radius 2 is 2.16 bits per heavy atom. The number of hydrogen-bond donors (Lipinski definition) is 1. The lowest BCUT2D eigenvalue weighted by Gasteiger charge is -2.15. The molecule has 1 N–H and O–H groups in total. The van der Waals surface area contributed by atoms with E-state index in [4.69, 9.17) is 16.3 Å². The van der Waals surface area contributed by atoms with Gasteiger partial charge in [-0.3, -0.25) is 0 Å². The lowest BCUT2D eigenvalue weighted by molar-refractivity contribution is 0.120. The van der Waals surface area contributed by atoms with Gasteiger partial charge in [-0.2, -0.15) is 0 Å². The Hall–Kier alpha value is -2.24. The third kappa shape index (κ3) is 3.43. The first kappa shape index (κ1) is 16.2. The smallest absolute Gasteiger partial charge is 0.134 e. The maximum Gasteiger partial charge on any atom is 0.134 e. The van der Waals surface area contributed by atoms with E-state index < -0.39 is 0 Å². The summed E-state index contributed by atoms with van der Waals surface area (Å²) in [6.07, 6.45) is 3.96. The quantitative estimate of drug-likeness (QED) is 0.689. The summed E-state index contributed by atoms with van der Waals surface area (Å²) in [5.41, 5.74) is 1.02. The van der Waals surface area contributed by atoms with Gasteiger partial charge in [-0.25, -0.2) is 14.4 Å². The molecule has 4 rings (SSSR count). The number of hydrogen-bond acceptors (Lipinski definition) is 4. The fourth-order valence-corrected chi connectivity index (χ4v) is 3.24. The Kier molecular flexibility index (Phi) is 4.51. The average Bonchev–Trinajstić information content (AvgIpc) is 3.13. The summed E-state index contributed by atoms with van der Waals surface area (Å²) >= 11 is 6.05. The molecular weight excluding hydrogens is 341 g/mol. The number of rotatable bonds is 4. The molecule has 0 aliphatic carbocycles. The second-order valence-electron chi connectivity index (χ2n) is 6.08. The lowest BCUT2D eigenvalue weighted by Crippen LogP contribution is -2.19. The van der Waals surface area contributed by atoms with E-state index in [1.165, 1.54) is 6.07 Å². The van der Waals surface area contributed by atoms with Gasteiger partial charge in [-0.05, 0) is 37.1 Å². The van der Waals surface area contributed by atoms with Crippen LogP contribution in [0, 0.1) is 5.82 Å². The molecule has 0 radical (unpaired) electrons. The standard InChI is InChI=1S/C19H17ClFN3O/c20-18-9-15-12(10-22-18)8-17(14-5-1-2-6-16(14)21)24-19(15)23-11-13-4-3-7-25-13/h1-2,5-6,8-10,13H,3-4,7,11H2,(H,23,24). The summed E-state index contributed by atoms with van der Waals surface area (Å²) in [7, 11) is 0. The molecule has 0 saturated carbocycles. The van der Waals surface area contributed by atoms with E-state index in [0.29, 0.717) is 28.8 Å². The van der Waals surface area contributed by atoms with Crippen LogP contribution >= 0.6 is 11.6 Å². The van der Waals surface area contributed by atoms with Crippen molar-refractivity contribution in [1.82, 2.24) is 9.97 Å². The van der Waals surface area contributed by atoms with Crippen molar-refractivity contribution in [3.05, 3.63) is 53.6 Å². The molecule has 1 aliphatic rings. The van der Waals surface area contributed by atoms with Crippen molar-refractivity contribution < 1.29 is 9.13 Å². The van der Waals surface area contributed by atoms with E-state index in [2.05, 4.69) is 15.3 Å². The number of ether oxygens (including phenoxy) is 1. The zero-order valence-electron chi connectivity index (χ0n) is 13.5. The van der Waals surface area contributed by atoms with Crippen molar-refractivity contribution >= 4 is 28.2 Å². The molecule has 1 unspecified atom stereocenters. The maximum absolute atomic E-state index is 14.2. The van der Waals surface area contributed by atoms with Crippen LogP contribution in [0.3, 0.4) is 0 Å². The summed E-state index contributed by atoms with van der Waals surface area (Å²) in [4.78, 5) is 8.78. The summed E-state index contributed by atoms with van der Waals surface area (Å²) in [5, 5.41) is 5.45. The van der Waals surface area contributed by atoms with Crippen molar-refractivity contribution in [3.63, 3.8) is 0 Å². The molecule has 1 fully saturated rings. The minimum atomic E-state index is -0.304. The first-order valence-electron chi connectivity index (χ1n) is 8.27. The van der Waals surface area contributed by atoms with Gasteiger partial charge in [0.25, 0.3) is 0 Å². The second kappa shape index (κ2) is 6.94. The number of fused-ring (bicyclic) bond motifs is 1. The van der Waals surface area contributed by atoms with Gasteiger partial charge in [0, 0.05) is 35.7 Å². The Labute approximate surface area is 150 Å². The first-order valence-corrected chi connectivity index (χ1v) is 8.65. The predicted molar refractivity (Wildman–Crippen MR) is 97.4 cm³/mol. The van der Waals surface area contributed by atoms with E-state index in [9.17, 15) is 4.39 Å². The molecule has 6 heteroatoms. The molecule has 3 aromatic rings. The normalized spacial score (nSPS) is 17.1. The summed E-state index contributed by atoms with van der Waals surface area (Å²) in [6, 6.07) is 10.2. The third-order valence-electron chi connectivity index (χ3n) is 4.35. The molecule has 0 spiro atoms. The van der Waals surface area contributed by atoms with Crippen molar-refractivity contribution in [2.45, 2.75) is 18.9 Å². The molecule has 25 heavy (non-hydrogen) atoms. The molecule has 1 atom stereocenters. The lowest BCUT2D eigenvalue weighted by atomic mass is 10.1. The van der Waals surface area contributed by atoms with Gasteiger partial charge < -0.3 is 10.1 Å². The van der Waals surface area contributed by atoms with Gasteiger partial charge in [-0.1, -0.05) is 23.7 Å². The van der Waals surface area contributed by atoms with Crippen LogP contribution in [-0.2, 0) is 4.74 Å². The average molecular weight is 358 g/mol. The fraction of sp³-hybridized carbons (Fsp3) is 0.263. The molecule has 0 amide bonds. The number of nitrogens with zero attached hydrogens (tertiary/aromatic N) is 2. The number of anilines is 1. The topological polar surface area (TPSA) is 47.0 Å². The summed E-state index contributed by atoms with van der Waals surface area (Å²) in [5.74, 6) is 0.358.